The Morgan fingerprint density at radius 1 is 1.23 bits per heavy atom. The van der Waals surface area contributed by atoms with Gasteiger partial charge in [-0.3, -0.25) is 14.9 Å². The van der Waals surface area contributed by atoms with Gasteiger partial charge in [-0.05, 0) is 18.6 Å². The molecule has 0 unspecified atom stereocenters. The Morgan fingerprint density at radius 2 is 2.00 bits per heavy atom. The van der Waals surface area contributed by atoms with Gasteiger partial charge in [-0.2, -0.15) is 0 Å². The van der Waals surface area contributed by atoms with Gasteiger partial charge in [-0.25, -0.2) is 0 Å². The molecule has 7 nitrogen and oxygen atoms in total. The summed E-state index contributed by atoms with van der Waals surface area (Å²) < 4.78 is 4.76. The van der Waals surface area contributed by atoms with E-state index < -0.39 is 0 Å². The van der Waals surface area contributed by atoms with E-state index in [-0.39, 0.29) is 18.4 Å². The van der Waals surface area contributed by atoms with Crippen LogP contribution in [0.4, 0.5) is 10.8 Å². The molecule has 2 rings (SSSR count). The molecular formula is C14H16N4O3S. The fraction of sp³-hybridized carbons (Fsp3) is 0.286. The van der Waals surface area contributed by atoms with Crippen molar-refractivity contribution in [3.05, 3.63) is 34.8 Å². The maximum atomic E-state index is 12.3. The van der Waals surface area contributed by atoms with Crippen LogP contribution in [0.15, 0.2) is 24.3 Å². The van der Waals surface area contributed by atoms with E-state index in [9.17, 15) is 9.59 Å². The van der Waals surface area contributed by atoms with E-state index >= 15 is 0 Å². The zero-order chi connectivity index (χ0) is 15.9. The van der Waals surface area contributed by atoms with E-state index in [2.05, 4.69) is 20.8 Å². The molecule has 0 bridgehead atoms. The quantitative estimate of drug-likeness (QED) is 0.848. The van der Waals surface area contributed by atoms with E-state index in [1.165, 1.54) is 18.4 Å². The number of carbonyl (C=O) groups is 2. The second kappa shape index (κ2) is 7.62. The number of anilines is 2. The molecule has 0 spiro atoms. The predicted molar refractivity (Wildman–Crippen MR) is 84.2 cm³/mol. The highest BCUT2D eigenvalue weighted by Crippen LogP contribution is 2.20. The number of aryl methyl sites for hydroxylation is 1. The summed E-state index contributed by atoms with van der Waals surface area (Å²) in [6.45, 7) is 1.89. The summed E-state index contributed by atoms with van der Waals surface area (Å²) in [6, 6.07) is 6.73. The zero-order valence-electron chi connectivity index (χ0n) is 12.3. The third-order valence-electron chi connectivity index (χ3n) is 2.71. The molecule has 116 valence electrons. The number of nitrogens with zero attached hydrogens (tertiary/aromatic N) is 2. The molecule has 1 heterocycles. The maximum absolute atomic E-state index is 12.3. The molecule has 2 N–H and O–H groups in total. The van der Waals surface area contributed by atoms with Crippen LogP contribution in [0.5, 0.6) is 0 Å². The Kier molecular flexibility index (Phi) is 5.56. The number of benzene rings is 1. The molecule has 0 atom stereocenters. The predicted octanol–water partition coefficient (Wildman–Crippen LogP) is 1.94. The number of aromatic nitrogens is 2. The van der Waals surface area contributed by atoms with Crippen LogP contribution in [0.1, 0.15) is 22.3 Å². The van der Waals surface area contributed by atoms with E-state index in [1.54, 1.807) is 24.3 Å². The number of hydrogen-bond acceptors (Lipinski definition) is 6. The van der Waals surface area contributed by atoms with Crippen molar-refractivity contribution in [2.45, 2.75) is 13.3 Å². The average molecular weight is 320 g/mol. The Bertz CT molecular complexity index is 672. The van der Waals surface area contributed by atoms with Gasteiger partial charge in [0.15, 0.2) is 0 Å². The molecule has 8 heteroatoms. The Balaban J connectivity index is 2.13. The van der Waals surface area contributed by atoms with Gasteiger partial charge in [0.05, 0.1) is 11.3 Å². The molecule has 0 fully saturated rings. The number of carbonyl (C=O) groups excluding carboxylic acids is 2. The van der Waals surface area contributed by atoms with Gasteiger partial charge < -0.3 is 10.1 Å². The molecule has 0 aliphatic rings. The van der Waals surface area contributed by atoms with Crippen molar-refractivity contribution in [2.24, 2.45) is 0 Å². The molecule has 0 saturated carbocycles. The zero-order valence-corrected chi connectivity index (χ0v) is 13.1. The topological polar surface area (TPSA) is 93.2 Å². The molecule has 2 aromatic rings. The van der Waals surface area contributed by atoms with Crippen molar-refractivity contribution in [3.63, 3.8) is 0 Å². The SMILES string of the molecule is CCc1nnc(NC(=O)c2ccccc2NC(=O)COC)s1. The summed E-state index contributed by atoms with van der Waals surface area (Å²) >= 11 is 1.32. The second-order valence-electron chi connectivity index (χ2n) is 4.34. The van der Waals surface area contributed by atoms with Gasteiger partial charge >= 0.3 is 0 Å². The number of ether oxygens (including phenoxy) is 1. The van der Waals surface area contributed by atoms with Crippen LogP contribution < -0.4 is 10.6 Å². The first-order valence-corrected chi connectivity index (χ1v) is 7.47. The van der Waals surface area contributed by atoms with Gasteiger partial charge in [0.2, 0.25) is 11.0 Å². The largest absolute Gasteiger partial charge is 0.375 e. The summed E-state index contributed by atoms with van der Waals surface area (Å²) in [7, 11) is 1.43. The van der Waals surface area contributed by atoms with Gasteiger partial charge in [0.25, 0.3) is 5.91 Å². The summed E-state index contributed by atoms with van der Waals surface area (Å²) in [5.41, 5.74) is 0.766. The second-order valence-corrected chi connectivity index (χ2v) is 5.40. The van der Waals surface area contributed by atoms with Crippen molar-refractivity contribution in [2.75, 3.05) is 24.4 Å². The molecular weight excluding hydrogens is 304 g/mol. The molecule has 1 aromatic heterocycles. The van der Waals surface area contributed by atoms with Crippen molar-refractivity contribution < 1.29 is 14.3 Å². The number of para-hydroxylation sites is 1. The first-order chi connectivity index (χ1) is 10.6. The standard InChI is InChI=1S/C14H16N4O3S/c1-3-12-17-18-14(22-12)16-13(20)9-6-4-5-7-10(9)15-11(19)8-21-2/h4-7H,3,8H2,1-2H3,(H,15,19)(H,16,18,20). The molecule has 2 amide bonds. The lowest BCUT2D eigenvalue weighted by Crippen LogP contribution is -2.20. The highest BCUT2D eigenvalue weighted by molar-refractivity contribution is 7.15. The number of hydrogen-bond donors (Lipinski definition) is 2. The van der Waals surface area contributed by atoms with Crippen LogP contribution in [0.25, 0.3) is 0 Å². The third-order valence-corrected chi connectivity index (χ3v) is 3.69. The summed E-state index contributed by atoms with van der Waals surface area (Å²) in [5.74, 6) is -0.681. The first kappa shape index (κ1) is 16.1. The van der Waals surface area contributed by atoms with Crippen molar-refractivity contribution in [3.8, 4) is 0 Å². The Labute approximate surface area is 131 Å². The fourth-order valence-corrected chi connectivity index (χ4v) is 2.39. The van der Waals surface area contributed by atoms with E-state index in [4.69, 9.17) is 4.74 Å². The number of amides is 2. The molecule has 0 aliphatic carbocycles. The molecule has 22 heavy (non-hydrogen) atoms. The van der Waals surface area contributed by atoms with Gasteiger partial charge in [0, 0.05) is 7.11 Å². The van der Waals surface area contributed by atoms with Crippen LogP contribution in [-0.2, 0) is 16.0 Å². The number of methoxy groups -OCH3 is 1. The average Bonchev–Trinajstić information content (AvgIpc) is 2.95. The van der Waals surface area contributed by atoms with Crippen molar-refractivity contribution in [1.82, 2.24) is 10.2 Å². The smallest absolute Gasteiger partial charge is 0.259 e. The van der Waals surface area contributed by atoms with E-state index in [0.717, 1.165) is 11.4 Å². The minimum atomic E-state index is -0.355. The minimum absolute atomic E-state index is 0.0772. The highest BCUT2D eigenvalue weighted by atomic mass is 32.1. The third kappa shape index (κ3) is 4.09. The molecule has 0 radical (unpaired) electrons. The highest BCUT2D eigenvalue weighted by Gasteiger charge is 2.15. The Hall–Kier alpha value is -2.32. The van der Waals surface area contributed by atoms with E-state index in [0.29, 0.717) is 16.4 Å². The lowest BCUT2D eigenvalue weighted by atomic mass is 10.1. The Morgan fingerprint density at radius 3 is 2.68 bits per heavy atom. The monoisotopic (exact) mass is 320 g/mol. The lowest BCUT2D eigenvalue weighted by molar-refractivity contribution is -0.119. The van der Waals surface area contributed by atoms with Crippen LogP contribution in [0.2, 0.25) is 0 Å². The summed E-state index contributed by atoms with van der Waals surface area (Å²) in [4.78, 5) is 23.9. The van der Waals surface area contributed by atoms with E-state index in [1.807, 2.05) is 6.92 Å². The first-order valence-electron chi connectivity index (χ1n) is 6.65. The maximum Gasteiger partial charge on any atom is 0.259 e. The molecule has 0 saturated heterocycles. The van der Waals surface area contributed by atoms with Crippen LogP contribution in [-0.4, -0.2) is 35.7 Å². The fourth-order valence-electron chi connectivity index (χ4n) is 1.72. The van der Waals surface area contributed by atoms with Gasteiger partial charge in [-0.1, -0.05) is 30.4 Å². The van der Waals surface area contributed by atoms with Crippen molar-refractivity contribution in [1.29, 1.82) is 0 Å². The number of rotatable bonds is 6. The number of nitrogens with one attached hydrogen (secondary N) is 2. The van der Waals surface area contributed by atoms with Gasteiger partial charge in [0.1, 0.15) is 11.6 Å². The molecule has 0 aliphatic heterocycles. The van der Waals surface area contributed by atoms with Crippen molar-refractivity contribution >= 4 is 34.0 Å². The van der Waals surface area contributed by atoms with Crippen LogP contribution >= 0.6 is 11.3 Å². The molecule has 1 aromatic carbocycles. The summed E-state index contributed by atoms with van der Waals surface area (Å²) in [5, 5.41) is 14.4. The summed E-state index contributed by atoms with van der Waals surface area (Å²) in [6.07, 6.45) is 0.761. The minimum Gasteiger partial charge on any atom is -0.375 e. The van der Waals surface area contributed by atoms with Crippen LogP contribution in [0.3, 0.4) is 0 Å². The lowest BCUT2D eigenvalue weighted by Gasteiger charge is -2.09. The van der Waals surface area contributed by atoms with Crippen LogP contribution in [0, 0.1) is 0 Å². The normalized spacial score (nSPS) is 10.3. The van der Waals surface area contributed by atoms with Gasteiger partial charge in [-0.15, -0.1) is 10.2 Å².